The van der Waals surface area contributed by atoms with E-state index in [1.54, 1.807) is 7.11 Å². The molecule has 28 heavy (non-hydrogen) atoms. The first-order valence-electron chi connectivity index (χ1n) is 10.7. The van der Waals surface area contributed by atoms with E-state index in [1.807, 2.05) is 13.1 Å². The standard InChI is InChI=1S/C22H32N4O2/c1-23-22-24-18-15-20(28-13-7-12-26-10-5-6-11-26)19(27-2)14-17(18)21(25-22)16-8-3-4-9-16/h14-16H,3-13H2,1-2H3,(H,23,24,25). The molecule has 2 aromatic rings. The van der Waals surface area contributed by atoms with Gasteiger partial charge in [0.05, 0.1) is 24.9 Å². The number of nitrogens with one attached hydrogen (secondary N) is 1. The van der Waals surface area contributed by atoms with Crippen LogP contribution in [0.1, 0.15) is 56.6 Å². The Balaban J connectivity index is 1.56. The summed E-state index contributed by atoms with van der Waals surface area (Å²) < 4.78 is 11.8. The topological polar surface area (TPSA) is 59.5 Å². The van der Waals surface area contributed by atoms with Crippen LogP contribution in [0, 0.1) is 0 Å². The fourth-order valence-corrected chi connectivity index (χ4v) is 4.53. The van der Waals surface area contributed by atoms with Crippen LogP contribution in [-0.2, 0) is 0 Å². The zero-order chi connectivity index (χ0) is 19.3. The lowest BCUT2D eigenvalue weighted by atomic mass is 9.99. The highest BCUT2D eigenvalue weighted by molar-refractivity contribution is 5.86. The maximum absolute atomic E-state index is 6.10. The number of methoxy groups -OCH3 is 1. The summed E-state index contributed by atoms with van der Waals surface area (Å²) >= 11 is 0. The van der Waals surface area contributed by atoms with Crippen LogP contribution in [-0.4, -0.2) is 55.3 Å². The number of ether oxygens (including phenoxy) is 2. The predicted molar refractivity (Wildman–Crippen MR) is 113 cm³/mol. The largest absolute Gasteiger partial charge is 0.493 e. The van der Waals surface area contributed by atoms with Crippen LogP contribution in [0.2, 0.25) is 0 Å². The van der Waals surface area contributed by atoms with Crippen LogP contribution in [0.5, 0.6) is 11.5 Å². The van der Waals surface area contributed by atoms with E-state index in [-0.39, 0.29) is 0 Å². The molecule has 1 N–H and O–H groups in total. The van der Waals surface area contributed by atoms with Crippen LogP contribution >= 0.6 is 0 Å². The Hall–Kier alpha value is -2.08. The lowest BCUT2D eigenvalue weighted by molar-refractivity contribution is 0.254. The van der Waals surface area contributed by atoms with Crippen molar-refractivity contribution < 1.29 is 9.47 Å². The van der Waals surface area contributed by atoms with Gasteiger partial charge in [-0.1, -0.05) is 12.8 Å². The van der Waals surface area contributed by atoms with Crippen LogP contribution in [0.3, 0.4) is 0 Å². The number of rotatable bonds is 8. The van der Waals surface area contributed by atoms with E-state index in [4.69, 9.17) is 14.5 Å². The Morgan fingerprint density at radius 3 is 2.57 bits per heavy atom. The van der Waals surface area contributed by atoms with E-state index < -0.39 is 0 Å². The van der Waals surface area contributed by atoms with Crippen molar-refractivity contribution in [3.63, 3.8) is 0 Å². The number of hydrogen-bond acceptors (Lipinski definition) is 6. The Labute approximate surface area is 167 Å². The normalized spacial score (nSPS) is 18.1. The third-order valence-corrected chi connectivity index (χ3v) is 6.05. The molecule has 0 bridgehead atoms. The first-order valence-corrected chi connectivity index (χ1v) is 10.7. The van der Waals surface area contributed by atoms with Gasteiger partial charge < -0.3 is 19.7 Å². The summed E-state index contributed by atoms with van der Waals surface area (Å²) in [5, 5.41) is 4.20. The summed E-state index contributed by atoms with van der Waals surface area (Å²) in [6.45, 7) is 4.26. The molecule has 1 saturated heterocycles. The first kappa shape index (κ1) is 19.2. The van der Waals surface area contributed by atoms with Gasteiger partial charge >= 0.3 is 0 Å². The molecule has 2 heterocycles. The van der Waals surface area contributed by atoms with Crippen LogP contribution in [0.25, 0.3) is 10.9 Å². The molecule has 4 rings (SSSR count). The van der Waals surface area contributed by atoms with Crippen molar-refractivity contribution in [3.05, 3.63) is 17.8 Å². The second-order valence-corrected chi connectivity index (χ2v) is 7.93. The van der Waals surface area contributed by atoms with Crippen molar-refractivity contribution in [2.75, 3.05) is 45.7 Å². The fraction of sp³-hybridized carbons (Fsp3) is 0.636. The highest BCUT2D eigenvalue weighted by atomic mass is 16.5. The summed E-state index contributed by atoms with van der Waals surface area (Å²) in [6, 6.07) is 4.09. The molecular formula is C22H32N4O2. The number of benzene rings is 1. The van der Waals surface area contributed by atoms with E-state index >= 15 is 0 Å². The summed E-state index contributed by atoms with van der Waals surface area (Å²) in [7, 11) is 3.58. The summed E-state index contributed by atoms with van der Waals surface area (Å²) in [5.41, 5.74) is 2.07. The van der Waals surface area contributed by atoms with Crippen LogP contribution < -0.4 is 14.8 Å². The molecule has 1 saturated carbocycles. The third-order valence-electron chi connectivity index (χ3n) is 6.05. The smallest absolute Gasteiger partial charge is 0.223 e. The van der Waals surface area contributed by atoms with E-state index in [0.29, 0.717) is 18.5 Å². The van der Waals surface area contributed by atoms with Crippen molar-refractivity contribution in [2.24, 2.45) is 0 Å². The minimum atomic E-state index is 0.509. The average Bonchev–Trinajstić information content (AvgIpc) is 3.43. The van der Waals surface area contributed by atoms with Gasteiger partial charge in [0.2, 0.25) is 5.95 Å². The number of hydrogen-bond donors (Lipinski definition) is 1. The average molecular weight is 385 g/mol. The maximum atomic E-state index is 6.10. The van der Waals surface area contributed by atoms with Gasteiger partial charge in [-0.25, -0.2) is 9.97 Å². The summed E-state index contributed by atoms with van der Waals surface area (Å²) in [6.07, 6.45) is 8.64. The highest BCUT2D eigenvalue weighted by Crippen LogP contribution is 2.40. The molecule has 0 radical (unpaired) electrons. The van der Waals surface area contributed by atoms with Crippen molar-refractivity contribution >= 4 is 16.9 Å². The second-order valence-electron chi connectivity index (χ2n) is 7.93. The minimum absolute atomic E-state index is 0.509. The molecule has 0 amide bonds. The summed E-state index contributed by atoms with van der Waals surface area (Å²) in [4.78, 5) is 12.0. The number of fused-ring (bicyclic) bond motifs is 1. The van der Waals surface area contributed by atoms with E-state index in [9.17, 15) is 0 Å². The number of nitrogens with zero attached hydrogens (tertiary/aromatic N) is 3. The molecule has 0 spiro atoms. The molecule has 6 nitrogen and oxygen atoms in total. The van der Waals surface area contributed by atoms with Gasteiger partial charge in [-0.05, 0) is 51.3 Å². The van der Waals surface area contributed by atoms with Gasteiger partial charge in [-0.3, -0.25) is 0 Å². The lowest BCUT2D eigenvalue weighted by Gasteiger charge is -2.17. The molecule has 1 aliphatic carbocycles. The van der Waals surface area contributed by atoms with Crippen molar-refractivity contribution in [1.82, 2.24) is 14.9 Å². The first-order chi connectivity index (χ1) is 13.8. The molecule has 1 aromatic carbocycles. The maximum Gasteiger partial charge on any atom is 0.223 e. The van der Waals surface area contributed by atoms with Gasteiger partial charge in [-0.15, -0.1) is 0 Å². The van der Waals surface area contributed by atoms with Gasteiger partial charge in [-0.2, -0.15) is 0 Å². The number of anilines is 1. The second kappa shape index (κ2) is 8.95. The molecule has 6 heteroatoms. The van der Waals surface area contributed by atoms with Crippen molar-refractivity contribution in [2.45, 2.75) is 50.9 Å². The van der Waals surface area contributed by atoms with Gasteiger partial charge in [0, 0.05) is 31.0 Å². The summed E-state index contributed by atoms with van der Waals surface area (Å²) in [5.74, 6) is 2.73. The number of likely N-dealkylation sites (tertiary alicyclic amines) is 1. The van der Waals surface area contributed by atoms with Crippen LogP contribution in [0.15, 0.2) is 12.1 Å². The highest BCUT2D eigenvalue weighted by Gasteiger charge is 2.23. The van der Waals surface area contributed by atoms with E-state index in [1.165, 1.54) is 51.6 Å². The zero-order valence-corrected chi connectivity index (χ0v) is 17.2. The monoisotopic (exact) mass is 384 g/mol. The van der Waals surface area contributed by atoms with Crippen LogP contribution in [0.4, 0.5) is 5.95 Å². The van der Waals surface area contributed by atoms with Gasteiger partial charge in [0.25, 0.3) is 0 Å². The predicted octanol–water partition coefficient (Wildman–Crippen LogP) is 4.20. The molecule has 0 atom stereocenters. The molecule has 1 aliphatic heterocycles. The zero-order valence-electron chi connectivity index (χ0n) is 17.2. The third kappa shape index (κ3) is 4.17. The van der Waals surface area contributed by atoms with Gasteiger partial charge in [0.1, 0.15) is 0 Å². The number of aromatic nitrogens is 2. The quantitative estimate of drug-likeness (QED) is 0.688. The molecule has 2 fully saturated rings. The molecule has 1 aromatic heterocycles. The Bertz CT molecular complexity index is 799. The SMILES string of the molecule is CNc1nc(C2CCCC2)c2cc(OC)c(OCCCN3CCCC3)cc2n1. The Morgan fingerprint density at radius 2 is 1.86 bits per heavy atom. The fourth-order valence-electron chi connectivity index (χ4n) is 4.53. The minimum Gasteiger partial charge on any atom is -0.493 e. The Kier molecular flexibility index (Phi) is 6.15. The van der Waals surface area contributed by atoms with E-state index in [2.05, 4.69) is 21.3 Å². The molecular weight excluding hydrogens is 352 g/mol. The molecule has 0 unspecified atom stereocenters. The molecule has 152 valence electrons. The van der Waals surface area contributed by atoms with Crippen molar-refractivity contribution in [3.8, 4) is 11.5 Å². The van der Waals surface area contributed by atoms with Crippen molar-refractivity contribution in [1.29, 1.82) is 0 Å². The lowest BCUT2D eigenvalue weighted by Crippen LogP contribution is -2.21. The molecule has 2 aliphatic rings. The Morgan fingerprint density at radius 1 is 1.07 bits per heavy atom. The van der Waals surface area contributed by atoms with Gasteiger partial charge in [0.15, 0.2) is 11.5 Å². The van der Waals surface area contributed by atoms with E-state index in [0.717, 1.165) is 41.1 Å².